The fourth-order valence-electron chi connectivity index (χ4n) is 4.88. The predicted molar refractivity (Wildman–Crippen MR) is 173 cm³/mol. The van der Waals surface area contributed by atoms with Crippen LogP contribution in [0.1, 0.15) is 86.5 Å². The van der Waals surface area contributed by atoms with E-state index in [1.165, 1.54) is 131 Å². The Morgan fingerprint density at radius 1 is 0.553 bits per heavy atom. The molecule has 0 N–H and O–H groups in total. The van der Waals surface area contributed by atoms with Crippen molar-refractivity contribution in [3.63, 3.8) is 0 Å². The molecule has 0 unspecified atom stereocenters. The van der Waals surface area contributed by atoms with Crippen LogP contribution in [0.4, 0.5) is 0 Å². The van der Waals surface area contributed by atoms with Crippen LogP contribution in [0.15, 0.2) is 60.7 Å². The standard InChI is InChI=1S/2C11H11.2C6H11.2ClH.Si.Zr/c2*1-8-6-10-5-3-4-9(2)11(10)7-8;2*1-2-4-6-5-3-1;;;;/h2*3-7H,1-2H3;2*1H,2-6H2;2*1H;;/q4*-1;;;;. The quantitative estimate of drug-likeness (QED) is 0.132. The van der Waals surface area contributed by atoms with E-state index < -0.39 is 0 Å². The first kappa shape index (κ1) is 37.3. The van der Waals surface area contributed by atoms with Gasteiger partial charge >= 0.3 is 30.2 Å². The topological polar surface area (TPSA) is 0 Å². The van der Waals surface area contributed by atoms with Crippen LogP contribution in [-0.4, -0.2) is 6.88 Å². The zero-order chi connectivity index (χ0) is 26.2. The Bertz CT molecular complexity index is 1020. The van der Waals surface area contributed by atoms with E-state index >= 15 is 0 Å². The maximum atomic E-state index is 3.06. The van der Waals surface area contributed by atoms with E-state index in [1.807, 2.05) is 0 Å². The second-order valence-electron chi connectivity index (χ2n) is 10.1. The van der Waals surface area contributed by atoms with Gasteiger partial charge in [0.05, 0.1) is 0 Å². The number of hydrogen-bond donors (Lipinski definition) is 0. The number of aryl methyl sites for hydroxylation is 4. The van der Waals surface area contributed by atoms with Gasteiger partial charge in [-0.05, 0) is 13.8 Å². The Hall–Kier alpha value is -0.660. The molecule has 0 atom stereocenters. The Labute approximate surface area is 262 Å². The van der Waals surface area contributed by atoms with Crippen LogP contribution >= 0.6 is 24.8 Å². The molecular formula is C34H46Cl2SiZr-4. The molecule has 2 aliphatic carbocycles. The van der Waals surface area contributed by atoms with Crippen molar-refractivity contribution in [1.29, 1.82) is 0 Å². The molecule has 0 spiro atoms. The summed E-state index contributed by atoms with van der Waals surface area (Å²) in [6.45, 7) is 11.6. The van der Waals surface area contributed by atoms with Crippen molar-refractivity contribution in [3.05, 3.63) is 95.8 Å². The normalized spacial score (nSPS) is 13.9. The van der Waals surface area contributed by atoms with E-state index in [4.69, 9.17) is 0 Å². The second-order valence-corrected chi connectivity index (χ2v) is 10.1. The van der Waals surface area contributed by atoms with E-state index in [1.54, 1.807) is 0 Å². The molecule has 0 heterocycles. The Balaban J connectivity index is 0.000000478. The third kappa shape index (κ3) is 13.6. The van der Waals surface area contributed by atoms with Gasteiger partial charge in [-0.15, -0.1) is 93.9 Å². The number of hydrogen-bond acceptors (Lipinski definition) is 0. The summed E-state index contributed by atoms with van der Waals surface area (Å²) in [6, 6.07) is 21.8. The predicted octanol–water partition coefficient (Wildman–Crippen LogP) is 11.1. The molecule has 38 heavy (non-hydrogen) atoms. The molecule has 0 amide bonds. The summed E-state index contributed by atoms with van der Waals surface area (Å²) < 4.78 is 0. The summed E-state index contributed by atoms with van der Waals surface area (Å²) in [5, 5.41) is 5.51. The average Bonchev–Trinajstić information content (AvgIpc) is 3.51. The SMILES string of the molecule is Cc1cc2c(C)cccc2[cH-]1.Cc1cc2c(C)cccc2[cH-]1.Cl.Cl.[CH-]1CCCCC1.[CH-]1CCCCC1.[Si]=[Zr]. The van der Waals surface area contributed by atoms with E-state index in [-0.39, 0.29) is 24.8 Å². The van der Waals surface area contributed by atoms with Crippen molar-refractivity contribution < 1.29 is 23.3 Å². The summed E-state index contributed by atoms with van der Waals surface area (Å²) in [7, 11) is 0. The molecule has 4 aromatic rings. The van der Waals surface area contributed by atoms with Gasteiger partial charge in [0.25, 0.3) is 0 Å². The number of rotatable bonds is 0. The van der Waals surface area contributed by atoms with Gasteiger partial charge in [-0.25, -0.2) is 0 Å². The fraction of sp³-hybridized carbons (Fsp3) is 0.412. The molecule has 4 heteroatoms. The first-order valence-corrected chi connectivity index (χ1v) is 17.9. The zero-order valence-electron chi connectivity index (χ0n) is 23.8. The fourth-order valence-corrected chi connectivity index (χ4v) is 4.88. The van der Waals surface area contributed by atoms with Crippen LogP contribution < -0.4 is 0 Å². The maximum absolute atomic E-state index is 3.06. The van der Waals surface area contributed by atoms with Gasteiger partial charge in [0.1, 0.15) is 0 Å². The zero-order valence-corrected chi connectivity index (χ0v) is 28.9. The summed E-state index contributed by atoms with van der Waals surface area (Å²) in [5.74, 6) is 0. The Morgan fingerprint density at radius 2 is 0.895 bits per heavy atom. The van der Waals surface area contributed by atoms with Crippen LogP contribution in [0.25, 0.3) is 21.5 Å². The number of fused-ring (bicyclic) bond motifs is 2. The summed E-state index contributed by atoms with van der Waals surface area (Å²) in [6.07, 6.45) is 19.0. The molecule has 2 saturated carbocycles. The number of halogens is 2. The molecule has 6 rings (SSSR count). The van der Waals surface area contributed by atoms with Gasteiger partial charge in [0.2, 0.25) is 0 Å². The Kier molecular flexibility index (Phi) is 21.7. The average molecular weight is 645 g/mol. The van der Waals surface area contributed by atoms with Gasteiger partial charge < -0.3 is 12.8 Å². The van der Waals surface area contributed by atoms with Crippen molar-refractivity contribution in [1.82, 2.24) is 0 Å². The Morgan fingerprint density at radius 3 is 1.13 bits per heavy atom. The van der Waals surface area contributed by atoms with Gasteiger partial charge in [0, 0.05) is 0 Å². The monoisotopic (exact) mass is 642 g/mol. The minimum absolute atomic E-state index is 0. The minimum atomic E-state index is 0. The van der Waals surface area contributed by atoms with Gasteiger partial charge in [-0.1, -0.05) is 75.6 Å². The van der Waals surface area contributed by atoms with Gasteiger partial charge in [-0.2, -0.15) is 37.8 Å². The molecule has 0 nitrogen and oxygen atoms in total. The first-order valence-electron chi connectivity index (χ1n) is 13.7. The molecule has 2 fully saturated rings. The van der Waals surface area contributed by atoms with Crippen molar-refractivity contribution in [2.24, 2.45) is 0 Å². The molecule has 2 aliphatic rings. The van der Waals surface area contributed by atoms with Crippen molar-refractivity contribution in [2.45, 2.75) is 91.9 Å². The second kappa shape index (κ2) is 22.1. The van der Waals surface area contributed by atoms with Crippen LogP contribution in [0.5, 0.6) is 0 Å². The molecule has 0 aromatic heterocycles. The van der Waals surface area contributed by atoms with Gasteiger partial charge in [0.15, 0.2) is 0 Å². The summed E-state index contributed by atoms with van der Waals surface area (Å²) >= 11 is 1.36. The van der Waals surface area contributed by atoms with E-state index in [0.717, 1.165) is 0 Å². The third-order valence-electron chi connectivity index (χ3n) is 6.86. The van der Waals surface area contributed by atoms with Crippen molar-refractivity contribution >= 4 is 53.2 Å². The molecule has 208 valence electrons. The first-order chi connectivity index (χ1) is 17.5. The molecule has 0 aliphatic heterocycles. The van der Waals surface area contributed by atoms with E-state index in [2.05, 4.69) is 108 Å². The molecular weight excluding hydrogens is 599 g/mol. The van der Waals surface area contributed by atoms with Crippen molar-refractivity contribution in [2.75, 3.05) is 0 Å². The molecule has 2 radical (unpaired) electrons. The van der Waals surface area contributed by atoms with E-state index in [0.29, 0.717) is 0 Å². The molecule has 0 saturated heterocycles. The third-order valence-corrected chi connectivity index (χ3v) is 6.86. The van der Waals surface area contributed by atoms with Crippen LogP contribution in [-0.2, 0) is 23.3 Å². The van der Waals surface area contributed by atoms with Crippen LogP contribution in [0.2, 0.25) is 0 Å². The molecule has 4 aromatic carbocycles. The van der Waals surface area contributed by atoms with Crippen LogP contribution in [0, 0.1) is 40.5 Å². The van der Waals surface area contributed by atoms with E-state index in [9.17, 15) is 0 Å². The van der Waals surface area contributed by atoms with Gasteiger partial charge in [-0.3, -0.25) is 0 Å². The number of benzene rings is 2. The molecule has 0 bridgehead atoms. The summed E-state index contributed by atoms with van der Waals surface area (Å²) in [5.41, 5.74) is 5.45. The van der Waals surface area contributed by atoms with Crippen LogP contribution in [0.3, 0.4) is 0 Å². The summed E-state index contributed by atoms with van der Waals surface area (Å²) in [4.78, 5) is 0. The van der Waals surface area contributed by atoms with Crippen molar-refractivity contribution in [3.8, 4) is 0 Å².